The molecule has 1 aromatic rings. The Morgan fingerprint density at radius 3 is 1.89 bits per heavy atom. The van der Waals surface area contributed by atoms with Crippen LogP contribution in [0.2, 0.25) is 0 Å². The van der Waals surface area contributed by atoms with E-state index in [1.165, 1.54) is 4.31 Å². The molecule has 1 amide bonds. The first-order valence-electron chi connectivity index (χ1n) is 9.80. The summed E-state index contributed by atoms with van der Waals surface area (Å²) in [4.78, 5) is 17.2. The maximum absolute atomic E-state index is 12.9. The number of hydrogen-bond donors (Lipinski definition) is 0. The van der Waals surface area contributed by atoms with Gasteiger partial charge in [-0.05, 0) is 58.9 Å². The molecule has 158 valence electrons. The Morgan fingerprint density at radius 2 is 1.46 bits per heavy atom. The first-order valence-corrected chi connectivity index (χ1v) is 11.2. The highest BCUT2D eigenvalue weighted by Gasteiger charge is 2.34. The number of hydrogen-bond acceptors (Lipinski definition) is 5. The zero-order chi connectivity index (χ0) is 21.1. The predicted molar refractivity (Wildman–Crippen MR) is 110 cm³/mol. The van der Waals surface area contributed by atoms with E-state index in [2.05, 4.69) is 4.90 Å². The van der Waals surface area contributed by atoms with Crippen molar-refractivity contribution in [1.82, 2.24) is 14.1 Å². The molecule has 0 aliphatic carbocycles. The lowest BCUT2D eigenvalue weighted by Crippen LogP contribution is -2.57. The van der Waals surface area contributed by atoms with E-state index in [1.54, 1.807) is 31.4 Å². The fraction of sp³-hybridized carbons (Fsp3) is 0.650. The van der Waals surface area contributed by atoms with Gasteiger partial charge in [0.15, 0.2) is 0 Å². The summed E-state index contributed by atoms with van der Waals surface area (Å²) in [5.74, 6) is 0.715. The lowest BCUT2D eigenvalue weighted by molar-refractivity contribution is -0.140. The largest absolute Gasteiger partial charge is 0.497 e. The van der Waals surface area contributed by atoms with E-state index in [0.29, 0.717) is 31.9 Å². The highest BCUT2D eigenvalue weighted by Crippen LogP contribution is 2.21. The average molecular weight is 412 g/mol. The molecule has 0 unspecified atom stereocenters. The van der Waals surface area contributed by atoms with Crippen molar-refractivity contribution in [2.24, 2.45) is 0 Å². The molecule has 1 heterocycles. The van der Waals surface area contributed by atoms with Crippen LogP contribution in [0.25, 0.3) is 0 Å². The zero-order valence-electron chi connectivity index (χ0n) is 17.8. The maximum atomic E-state index is 12.9. The summed E-state index contributed by atoms with van der Waals surface area (Å²) in [7, 11) is -2.00. The van der Waals surface area contributed by atoms with Crippen molar-refractivity contribution in [3.63, 3.8) is 0 Å². The number of sulfonamides is 1. The van der Waals surface area contributed by atoms with Gasteiger partial charge >= 0.3 is 0 Å². The number of rotatable bonds is 7. The van der Waals surface area contributed by atoms with Crippen LogP contribution in [0, 0.1) is 0 Å². The van der Waals surface area contributed by atoms with Crippen LogP contribution in [-0.4, -0.2) is 79.8 Å². The highest BCUT2D eigenvalue weighted by atomic mass is 32.2. The molecule has 7 nitrogen and oxygen atoms in total. The van der Waals surface area contributed by atoms with Crippen molar-refractivity contribution in [2.45, 2.75) is 57.6 Å². The average Bonchev–Trinajstić information content (AvgIpc) is 2.67. The van der Waals surface area contributed by atoms with E-state index >= 15 is 0 Å². The van der Waals surface area contributed by atoms with Gasteiger partial charge < -0.3 is 9.64 Å². The normalized spacial score (nSPS) is 17.7. The summed E-state index contributed by atoms with van der Waals surface area (Å²) >= 11 is 0. The molecule has 1 atom stereocenters. The van der Waals surface area contributed by atoms with Crippen LogP contribution >= 0.6 is 0 Å². The Bertz CT molecular complexity index is 746. The molecule has 0 aromatic heterocycles. The van der Waals surface area contributed by atoms with Gasteiger partial charge in [-0.15, -0.1) is 0 Å². The number of carbonyl (C=O) groups excluding carboxylic acids is 1. The minimum absolute atomic E-state index is 0.0939. The molecule has 2 rings (SSSR count). The number of benzene rings is 1. The summed E-state index contributed by atoms with van der Waals surface area (Å²) in [6.45, 7) is 11.8. The van der Waals surface area contributed by atoms with Crippen molar-refractivity contribution in [1.29, 1.82) is 0 Å². The third-order valence-corrected chi connectivity index (χ3v) is 7.16. The lowest BCUT2D eigenvalue weighted by atomic mass is 10.1. The quantitative estimate of drug-likeness (QED) is 0.687. The first kappa shape index (κ1) is 22.6. The minimum atomic E-state index is -3.54. The number of nitrogens with zero attached hydrogens (tertiary/aromatic N) is 3. The van der Waals surface area contributed by atoms with E-state index in [-0.39, 0.29) is 28.9 Å². The van der Waals surface area contributed by atoms with Gasteiger partial charge in [-0.25, -0.2) is 8.42 Å². The van der Waals surface area contributed by atoms with Crippen LogP contribution in [0.5, 0.6) is 5.75 Å². The maximum Gasteiger partial charge on any atom is 0.243 e. The summed E-state index contributed by atoms with van der Waals surface area (Å²) in [6.07, 6.45) is 0. The molecule has 1 saturated heterocycles. The third-order valence-electron chi connectivity index (χ3n) is 5.24. The van der Waals surface area contributed by atoms with Gasteiger partial charge in [-0.2, -0.15) is 4.31 Å². The van der Waals surface area contributed by atoms with Crippen LogP contribution < -0.4 is 4.74 Å². The molecule has 0 saturated carbocycles. The molecule has 28 heavy (non-hydrogen) atoms. The summed E-state index contributed by atoms with van der Waals surface area (Å²) in [5, 5.41) is 0. The van der Waals surface area contributed by atoms with Crippen LogP contribution in [0.15, 0.2) is 29.2 Å². The van der Waals surface area contributed by atoms with Crippen LogP contribution in [-0.2, 0) is 14.8 Å². The fourth-order valence-corrected chi connectivity index (χ4v) is 5.13. The lowest BCUT2D eigenvalue weighted by Gasteiger charge is -2.40. The van der Waals surface area contributed by atoms with Crippen molar-refractivity contribution < 1.29 is 17.9 Å². The third kappa shape index (κ3) is 4.85. The number of amides is 1. The topological polar surface area (TPSA) is 70.2 Å². The van der Waals surface area contributed by atoms with E-state index in [9.17, 15) is 13.2 Å². The first-order chi connectivity index (χ1) is 13.1. The molecule has 1 aliphatic heterocycles. The second-order valence-electron chi connectivity index (χ2n) is 7.72. The van der Waals surface area contributed by atoms with Gasteiger partial charge in [0.25, 0.3) is 0 Å². The molecular formula is C20H33N3O4S. The van der Waals surface area contributed by atoms with Gasteiger partial charge in [0.1, 0.15) is 5.75 Å². The van der Waals surface area contributed by atoms with Crippen molar-refractivity contribution in [2.75, 3.05) is 33.3 Å². The Balaban J connectivity index is 2.03. The second-order valence-corrected chi connectivity index (χ2v) is 9.66. The number of piperazine rings is 1. The van der Waals surface area contributed by atoms with E-state index in [0.717, 1.165) is 0 Å². The van der Waals surface area contributed by atoms with Crippen LogP contribution in [0.4, 0.5) is 0 Å². The van der Waals surface area contributed by atoms with E-state index in [1.807, 2.05) is 39.5 Å². The SMILES string of the molecule is COc1ccc(S(=O)(=O)N2CCN([C@@H](C)C(=O)N(C(C)C)C(C)C)CC2)cc1. The fourth-order valence-electron chi connectivity index (χ4n) is 3.71. The van der Waals surface area contributed by atoms with Gasteiger partial charge in [-0.1, -0.05) is 0 Å². The monoisotopic (exact) mass is 411 g/mol. The summed E-state index contributed by atoms with van der Waals surface area (Å²) in [5.41, 5.74) is 0. The molecular weight excluding hydrogens is 378 g/mol. The molecule has 8 heteroatoms. The van der Waals surface area contributed by atoms with Crippen LogP contribution in [0.3, 0.4) is 0 Å². The van der Waals surface area contributed by atoms with Gasteiger partial charge in [-0.3, -0.25) is 9.69 Å². The smallest absolute Gasteiger partial charge is 0.243 e. The Hall–Kier alpha value is -1.64. The number of ether oxygens (including phenoxy) is 1. The molecule has 0 spiro atoms. The van der Waals surface area contributed by atoms with Crippen LogP contribution in [0.1, 0.15) is 34.6 Å². The predicted octanol–water partition coefficient (Wildman–Crippen LogP) is 2.04. The molecule has 1 aliphatic rings. The summed E-state index contributed by atoms with van der Waals surface area (Å²) < 4.78 is 32.3. The van der Waals surface area contributed by atoms with E-state index < -0.39 is 10.0 Å². The molecule has 0 bridgehead atoms. The van der Waals surface area contributed by atoms with Crippen molar-refractivity contribution in [3.05, 3.63) is 24.3 Å². The minimum Gasteiger partial charge on any atom is -0.497 e. The molecule has 0 radical (unpaired) electrons. The van der Waals surface area contributed by atoms with Gasteiger partial charge in [0.05, 0.1) is 18.0 Å². The Morgan fingerprint density at radius 1 is 0.964 bits per heavy atom. The van der Waals surface area contributed by atoms with Crippen molar-refractivity contribution in [3.8, 4) is 5.75 Å². The Kier molecular flexibility index (Phi) is 7.47. The number of carbonyl (C=O) groups is 1. The van der Waals surface area contributed by atoms with Crippen molar-refractivity contribution >= 4 is 15.9 Å². The molecule has 0 N–H and O–H groups in total. The van der Waals surface area contributed by atoms with Gasteiger partial charge in [0.2, 0.25) is 15.9 Å². The summed E-state index contributed by atoms with van der Waals surface area (Å²) in [6, 6.07) is 6.42. The highest BCUT2D eigenvalue weighted by molar-refractivity contribution is 7.89. The standard InChI is InChI=1S/C20H33N3O4S/c1-15(2)23(16(3)4)20(24)17(5)21-11-13-22(14-12-21)28(25,26)19-9-7-18(27-6)8-10-19/h7-10,15-17H,11-14H2,1-6H3/t17-/m0/s1. The number of methoxy groups -OCH3 is 1. The molecule has 1 aromatic carbocycles. The second kappa shape index (κ2) is 9.24. The molecule has 1 fully saturated rings. The Labute approximate surface area is 169 Å². The van der Waals surface area contributed by atoms with Gasteiger partial charge in [0, 0.05) is 38.3 Å². The van der Waals surface area contributed by atoms with E-state index in [4.69, 9.17) is 4.74 Å². The zero-order valence-corrected chi connectivity index (χ0v) is 18.6.